The minimum Gasteiger partial charge on any atom is -0.444 e. The lowest BCUT2D eigenvalue weighted by Crippen LogP contribution is -2.59. The molecule has 0 unspecified atom stereocenters. The third-order valence-corrected chi connectivity index (χ3v) is 12.4. The summed E-state index contributed by atoms with van der Waals surface area (Å²) in [6.45, 7) is 10.3. The van der Waals surface area contributed by atoms with Crippen LogP contribution in [0.4, 0.5) is 19.7 Å². The van der Waals surface area contributed by atoms with E-state index in [4.69, 9.17) is 9.47 Å². The Morgan fingerprint density at radius 2 is 1.71 bits per heavy atom. The highest BCUT2D eigenvalue weighted by molar-refractivity contribution is 7.91. The maximum absolute atomic E-state index is 14.5. The zero-order valence-corrected chi connectivity index (χ0v) is 31.3. The normalized spacial score (nSPS) is 30.9. The predicted octanol–water partition coefficient (Wildman–Crippen LogP) is 4.12. The average Bonchev–Trinajstić information content (AvgIpc) is 3.91. The first-order valence-electron chi connectivity index (χ1n) is 17.8. The number of carbonyl (C=O) groups excluding carboxylic acids is 5. The fourth-order valence-corrected chi connectivity index (χ4v) is 8.18. The van der Waals surface area contributed by atoms with Gasteiger partial charge in [0.25, 0.3) is 5.91 Å². The van der Waals surface area contributed by atoms with Gasteiger partial charge in [-0.05, 0) is 102 Å². The number of allylic oxidation sites excluding steroid dienone is 1. The summed E-state index contributed by atoms with van der Waals surface area (Å²) in [6.07, 6.45) is 3.71. The summed E-state index contributed by atoms with van der Waals surface area (Å²) in [5.74, 6) is -3.52. The van der Waals surface area contributed by atoms with Crippen LogP contribution in [0.15, 0.2) is 36.4 Å². The van der Waals surface area contributed by atoms with E-state index in [0.717, 1.165) is 18.6 Å². The molecule has 0 radical (unpaired) electrons. The van der Waals surface area contributed by atoms with Gasteiger partial charge in [0.1, 0.15) is 35.1 Å². The van der Waals surface area contributed by atoms with Crippen molar-refractivity contribution in [3.8, 4) is 0 Å². The number of nitrogens with zero attached hydrogens (tertiary/aromatic N) is 1. The highest BCUT2D eigenvalue weighted by Crippen LogP contribution is 2.47. The molecule has 16 heteroatoms. The zero-order chi connectivity index (χ0) is 38.2. The summed E-state index contributed by atoms with van der Waals surface area (Å²) in [7, 11) is -4.03. The second-order valence-electron chi connectivity index (χ2n) is 16.0. The summed E-state index contributed by atoms with van der Waals surface area (Å²) in [5.41, 5.74) is -2.19. The first kappa shape index (κ1) is 39.0. The van der Waals surface area contributed by atoms with Crippen LogP contribution >= 0.6 is 0 Å². The Balaban J connectivity index is 1.45. The van der Waals surface area contributed by atoms with Crippen molar-refractivity contribution >= 4 is 45.6 Å². The smallest absolute Gasteiger partial charge is 0.411 e. The third kappa shape index (κ3) is 9.04. The van der Waals surface area contributed by atoms with E-state index < -0.39 is 91.7 Å². The van der Waals surface area contributed by atoms with Gasteiger partial charge in [-0.1, -0.05) is 26.0 Å². The molecular weight excluding hydrogens is 697 g/mol. The van der Waals surface area contributed by atoms with Gasteiger partial charge in [0.2, 0.25) is 21.8 Å². The van der Waals surface area contributed by atoms with Crippen molar-refractivity contribution in [3.63, 3.8) is 0 Å². The summed E-state index contributed by atoms with van der Waals surface area (Å²) < 4.78 is 51.8. The van der Waals surface area contributed by atoms with E-state index in [0.29, 0.717) is 25.7 Å². The molecule has 2 aliphatic heterocycles. The van der Waals surface area contributed by atoms with E-state index in [2.05, 4.69) is 20.7 Å². The molecule has 286 valence electrons. The van der Waals surface area contributed by atoms with E-state index in [9.17, 15) is 36.8 Å². The number of anilines is 1. The molecule has 7 atom stereocenters. The van der Waals surface area contributed by atoms with Crippen LogP contribution in [0.3, 0.4) is 0 Å². The fraction of sp³-hybridized carbons (Fsp3) is 0.639. The topological polar surface area (TPSA) is 189 Å². The van der Waals surface area contributed by atoms with Gasteiger partial charge in [-0.25, -0.2) is 22.4 Å². The number of fused-ring (bicyclic) bond motifs is 2. The number of carbonyl (C=O) groups is 5. The molecule has 4 aliphatic rings. The van der Waals surface area contributed by atoms with E-state index in [-0.39, 0.29) is 31.0 Å². The Kier molecular flexibility index (Phi) is 11.0. The Labute approximate surface area is 304 Å². The molecule has 5 amide bonds. The first-order chi connectivity index (χ1) is 24.2. The Hall–Kier alpha value is -4.21. The van der Waals surface area contributed by atoms with Crippen LogP contribution in [0, 0.1) is 23.6 Å². The number of ether oxygens (including phenoxy) is 2. The number of halogens is 1. The lowest BCUT2D eigenvalue weighted by atomic mass is 9.88. The third-order valence-electron chi connectivity index (χ3n) is 10.3. The van der Waals surface area contributed by atoms with Gasteiger partial charge < -0.3 is 25.0 Å². The van der Waals surface area contributed by atoms with Crippen LogP contribution < -0.4 is 20.7 Å². The van der Waals surface area contributed by atoms with Crippen LogP contribution in [-0.2, 0) is 33.9 Å². The molecule has 2 aliphatic carbocycles. The Morgan fingerprint density at radius 3 is 2.35 bits per heavy atom. The number of hydrogen-bond donors (Lipinski definition) is 4. The second-order valence-corrected chi connectivity index (χ2v) is 18.2. The van der Waals surface area contributed by atoms with Crippen molar-refractivity contribution in [3.05, 3.63) is 42.2 Å². The largest absolute Gasteiger partial charge is 0.444 e. The maximum atomic E-state index is 14.5. The van der Waals surface area contributed by atoms with Crippen LogP contribution in [0.1, 0.15) is 86.5 Å². The molecule has 0 bridgehead atoms. The summed E-state index contributed by atoms with van der Waals surface area (Å²) in [5, 5.41) is 8.00. The molecule has 2 heterocycles. The Bertz CT molecular complexity index is 1710. The zero-order valence-electron chi connectivity index (χ0n) is 30.5. The van der Waals surface area contributed by atoms with Crippen LogP contribution in [0.2, 0.25) is 0 Å². The number of nitrogens with one attached hydrogen (secondary N) is 4. The fourth-order valence-electron chi connectivity index (χ4n) is 6.86. The van der Waals surface area contributed by atoms with E-state index in [1.165, 1.54) is 17.0 Å². The molecule has 14 nitrogen and oxygen atoms in total. The molecule has 4 N–H and O–H groups in total. The standard InChI is InChI=1S/C36H50FN5O9S/c1-21-9-7-8-10-23-19-36(23,31(45)41-52(48,49)35(6)15-16-35)40-29(43)27-18-26(50-32(46)38-25-13-11-24(37)12-14-25)20-42(27)30(44)28(22(2)17-21)39-33(47)51-34(3,4)5/h8,10-14,21-23,26-28H,7,9,15-20H2,1-6H3,(H,38,46)(H,39,47)(H,40,43)(H,41,45)/b10-8-/t21-,22+,23+,26+,27-,28-,36+/m0/s1. The van der Waals surface area contributed by atoms with Gasteiger partial charge in [-0.3, -0.25) is 24.4 Å². The monoisotopic (exact) mass is 747 g/mol. The van der Waals surface area contributed by atoms with Crippen molar-refractivity contribution in [1.29, 1.82) is 0 Å². The van der Waals surface area contributed by atoms with Gasteiger partial charge in [-0.2, -0.15) is 0 Å². The minimum atomic E-state index is -4.03. The summed E-state index contributed by atoms with van der Waals surface area (Å²) in [4.78, 5) is 69.7. The number of alkyl carbamates (subject to hydrolysis) is 1. The van der Waals surface area contributed by atoms with Gasteiger partial charge in [0.05, 0.1) is 11.3 Å². The quantitative estimate of drug-likeness (QED) is 0.310. The lowest BCUT2D eigenvalue weighted by Gasteiger charge is -2.33. The van der Waals surface area contributed by atoms with Gasteiger partial charge >= 0.3 is 12.2 Å². The second kappa shape index (κ2) is 14.7. The van der Waals surface area contributed by atoms with E-state index in [1.807, 2.05) is 26.0 Å². The summed E-state index contributed by atoms with van der Waals surface area (Å²) in [6, 6.07) is 2.62. The molecule has 3 fully saturated rings. The van der Waals surface area contributed by atoms with Gasteiger partial charge in [-0.15, -0.1) is 0 Å². The summed E-state index contributed by atoms with van der Waals surface area (Å²) >= 11 is 0. The van der Waals surface area contributed by atoms with Gasteiger partial charge in [0, 0.05) is 18.0 Å². The van der Waals surface area contributed by atoms with Crippen molar-refractivity contribution in [2.45, 2.75) is 121 Å². The number of amides is 5. The van der Waals surface area contributed by atoms with Gasteiger partial charge in [0.15, 0.2) is 0 Å². The molecule has 52 heavy (non-hydrogen) atoms. The Morgan fingerprint density at radius 1 is 1.04 bits per heavy atom. The highest BCUT2D eigenvalue weighted by Gasteiger charge is 2.63. The molecule has 0 spiro atoms. The van der Waals surface area contributed by atoms with Crippen LogP contribution in [0.25, 0.3) is 0 Å². The van der Waals surface area contributed by atoms with Crippen molar-refractivity contribution < 1.29 is 46.3 Å². The molecule has 1 saturated heterocycles. The van der Waals surface area contributed by atoms with Crippen molar-refractivity contribution in [2.24, 2.45) is 17.8 Å². The maximum Gasteiger partial charge on any atom is 0.411 e. The molecular formula is C36H50FN5O9S. The molecule has 2 saturated carbocycles. The predicted molar refractivity (Wildman–Crippen MR) is 189 cm³/mol. The number of hydrogen-bond acceptors (Lipinski definition) is 9. The van der Waals surface area contributed by atoms with Crippen LogP contribution in [-0.4, -0.2) is 83.8 Å². The lowest BCUT2D eigenvalue weighted by molar-refractivity contribution is -0.142. The van der Waals surface area contributed by atoms with Crippen LogP contribution in [0.5, 0.6) is 0 Å². The first-order valence-corrected chi connectivity index (χ1v) is 19.3. The molecule has 1 aromatic carbocycles. The number of benzene rings is 1. The highest BCUT2D eigenvalue weighted by atomic mass is 32.2. The number of sulfonamides is 1. The average molecular weight is 748 g/mol. The minimum absolute atomic E-state index is 0.109. The molecule has 5 rings (SSSR count). The van der Waals surface area contributed by atoms with E-state index >= 15 is 0 Å². The van der Waals surface area contributed by atoms with Crippen molar-refractivity contribution in [1.82, 2.24) is 20.3 Å². The number of rotatable bonds is 6. The van der Waals surface area contributed by atoms with E-state index in [1.54, 1.807) is 27.7 Å². The SMILES string of the molecule is C[C@H]1CC/C=C\[C@@H]2C[C@@]2(C(=O)NS(=O)(=O)C2(C)CC2)NC(=O)[C@@H]2C[C@@H](OC(=O)Nc3ccc(F)cc3)CN2C(=O)[C@@H](NC(=O)OC(C)(C)C)[C@H](C)C1. The molecule has 0 aromatic heterocycles. The van der Waals surface area contributed by atoms with Crippen molar-refractivity contribution in [2.75, 3.05) is 11.9 Å². The molecule has 1 aromatic rings.